The van der Waals surface area contributed by atoms with Crippen LogP contribution in [-0.4, -0.2) is 36.1 Å². The highest BCUT2D eigenvalue weighted by Gasteiger charge is 2.30. The molecule has 1 saturated heterocycles. The predicted molar refractivity (Wildman–Crippen MR) is 97.2 cm³/mol. The van der Waals surface area contributed by atoms with Gasteiger partial charge in [-0.25, -0.2) is 4.98 Å². The van der Waals surface area contributed by atoms with E-state index in [9.17, 15) is 4.79 Å². The molecule has 1 saturated carbocycles. The van der Waals surface area contributed by atoms with Crippen molar-refractivity contribution in [1.29, 1.82) is 0 Å². The summed E-state index contributed by atoms with van der Waals surface area (Å²) in [4.78, 5) is 18.7. The van der Waals surface area contributed by atoms with Crippen LogP contribution < -0.4 is 15.0 Å². The van der Waals surface area contributed by atoms with Gasteiger partial charge in [0, 0.05) is 17.8 Å². The molecule has 1 aliphatic carbocycles. The Morgan fingerprint density at radius 1 is 1.28 bits per heavy atom. The van der Waals surface area contributed by atoms with Crippen molar-refractivity contribution >= 4 is 11.7 Å². The van der Waals surface area contributed by atoms with E-state index in [0.717, 1.165) is 43.9 Å². The summed E-state index contributed by atoms with van der Waals surface area (Å²) in [7, 11) is 0. The number of rotatable bonds is 6. The van der Waals surface area contributed by atoms with E-state index in [1.165, 1.54) is 5.56 Å². The number of ether oxygens (including phenoxy) is 1. The summed E-state index contributed by atoms with van der Waals surface area (Å²) in [6.07, 6.45) is 5.06. The standard InChI is InChI=1S/C20H23N3O2/c1-2-14-4-3-5-17(10-14)25-18-12-23(13-18)19-11-15(8-9-21-19)20(24)22-16-6-7-16/h3-5,8-11,16,18H,2,6-7,12-13H2,1H3,(H,22,24). The fourth-order valence-corrected chi connectivity index (χ4v) is 2.96. The molecule has 4 rings (SSSR count). The van der Waals surface area contributed by atoms with Crippen molar-refractivity contribution in [2.45, 2.75) is 38.3 Å². The van der Waals surface area contributed by atoms with Crippen molar-refractivity contribution in [3.8, 4) is 5.75 Å². The van der Waals surface area contributed by atoms with Crippen LogP contribution in [0.2, 0.25) is 0 Å². The molecule has 130 valence electrons. The van der Waals surface area contributed by atoms with Crippen molar-refractivity contribution in [2.75, 3.05) is 18.0 Å². The third-order valence-electron chi connectivity index (χ3n) is 4.70. The highest BCUT2D eigenvalue weighted by atomic mass is 16.5. The second kappa shape index (κ2) is 6.75. The Morgan fingerprint density at radius 3 is 2.88 bits per heavy atom. The molecule has 5 heteroatoms. The molecule has 5 nitrogen and oxygen atoms in total. The number of nitrogens with one attached hydrogen (secondary N) is 1. The molecule has 0 unspecified atom stereocenters. The lowest BCUT2D eigenvalue weighted by Crippen LogP contribution is -2.54. The summed E-state index contributed by atoms with van der Waals surface area (Å²) in [5.41, 5.74) is 1.96. The van der Waals surface area contributed by atoms with Gasteiger partial charge in [-0.3, -0.25) is 4.79 Å². The maximum atomic E-state index is 12.2. The lowest BCUT2D eigenvalue weighted by molar-refractivity contribution is 0.0951. The largest absolute Gasteiger partial charge is 0.487 e. The Bertz CT molecular complexity index is 767. The van der Waals surface area contributed by atoms with Gasteiger partial charge >= 0.3 is 0 Å². The van der Waals surface area contributed by atoms with Crippen LogP contribution >= 0.6 is 0 Å². The molecule has 0 bridgehead atoms. The lowest BCUT2D eigenvalue weighted by Gasteiger charge is -2.39. The van der Waals surface area contributed by atoms with E-state index in [1.54, 1.807) is 12.3 Å². The monoisotopic (exact) mass is 337 g/mol. The summed E-state index contributed by atoms with van der Waals surface area (Å²) in [6.45, 7) is 3.72. The number of amides is 1. The van der Waals surface area contributed by atoms with Gasteiger partial charge in [-0.2, -0.15) is 0 Å². The first-order chi connectivity index (χ1) is 12.2. The molecule has 0 spiro atoms. The zero-order valence-electron chi connectivity index (χ0n) is 14.4. The summed E-state index contributed by atoms with van der Waals surface area (Å²) >= 11 is 0. The molecule has 25 heavy (non-hydrogen) atoms. The summed E-state index contributed by atoms with van der Waals surface area (Å²) < 4.78 is 6.03. The smallest absolute Gasteiger partial charge is 0.251 e. The molecule has 0 atom stereocenters. The zero-order valence-corrected chi connectivity index (χ0v) is 14.4. The Kier molecular flexibility index (Phi) is 4.30. The minimum Gasteiger partial charge on any atom is -0.487 e. The van der Waals surface area contributed by atoms with Crippen molar-refractivity contribution in [1.82, 2.24) is 10.3 Å². The average molecular weight is 337 g/mol. The fourth-order valence-electron chi connectivity index (χ4n) is 2.96. The topological polar surface area (TPSA) is 54.5 Å². The number of nitrogens with zero attached hydrogens (tertiary/aromatic N) is 2. The van der Waals surface area contributed by atoms with Gasteiger partial charge in [-0.15, -0.1) is 0 Å². The van der Waals surface area contributed by atoms with Crippen LogP contribution in [0.4, 0.5) is 5.82 Å². The van der Waals surface area contributed by atoms with E-state index < -0.39 is 0 Å². The molecular weight excluding hydrogens is 314 g/mol. The molecule has 1 amide bonds. The van der Waals surface area contributed by atoms with Gasteiger partial charge in [0.15, 0.2) is 0 Å². The number of carbonyl (C=O) groups is 1. The van der Waals surface area contributed by atoms with E-state index >= 15 is 0 Å². The molecule has 1 aliphatic heterocycles. The van der Waals surface area contributed by atoms with Crippen LogP contribution in [0.1, 0.15) is 35.7 Å². The number of hydrogen-bond donors (Lipinski definition) is 1. The van der Waals surface area contributed by atoms with Crippen LogP contribution in [-0.2, 0) is 6.42 Å². The van der Waals surface area contributed by atoms with Gasteiger partial charge in [0.1, 0.15) is 17.7 Å². The van der Waals surface area contributed by atoms with Gasteiger partial charge in [0.2, 0.25) is 0 Å². The maximum absolute atomic E-state index is 12.2. The minimum atomic E-state index is -0.00384. The van der Waals surface area contributed by atoms with Gasteiger partial charge < -0.3 is 15.0 Å². The zero-order chi connectivity index (χ0) is 17.2. The second-order valence-corrected chi connectivity index (χ2v) is 6.80. The van der Waals surface area contributed by atoms with E-state index in [0.29, 0.717) is 11.6 Å². The van der Waals surface area contributed by atoms with Gasteiger partial charge in [-0.1, -0.05) is 19.1 Å². The van der Waals surface area contributed by atoms with Gasteiger partial charge in [0.05, 0.1) is 13.1 Å². The molecule has 2 aromatic rings. The predicted octanol–water partition coefficient (Wildman–Crippen LogP) is 2.80. The summed E-state index contributed by atoms with van der Waals surface area (Å²) in [5, 5.41) is 3.01. The van der Waals surface area contributed by atoms with Crippen molar-refractivity contribution < 1.29 is 9.53 Å². The quantitative estimate of drug-likeness (QED) is 0.881. The first kappa shape index (κ1) is 15.9. The highest BCUT2D eigenvalue weighted by Crippen LogP contribution is 2.24. The number of carbonyl (C=O) groups excluding carboxylic acids is 1. The maximum Gasteiger partial charge on any atom is 0.251 e. The molecule has 1 N–H and O–H groups in total. The normalized spacial score (nSPS) is 17.1. The first-order valence-corrected chi connectivity index (χ1v) is 8.98. The number of aryl methyl sites for hydroxylation is 1. The highest BCUT2D eigenvalue weighted by molar-refractivity contribution is 5.95. The molecule has 1 aromatic heterocycles. The number of aromatic nitrogens is 1. The number of benzene rings is 1. The van der Waals surface area contributed by atoms with Crippen molar-refractivity contribution in [3.63, 3.8) is 0 Å². The van der Waals surface area contributed by atoms with E-state index in [1.807, 2.05) is 18.2 Å². The molecule has 2 fully saturated rings. The minimum absolute atomic E-state index is 0.00384. The third-order valence-corrected chi connectivity index (χ3v) is 4.70. The van der Waals surface area contributed by atoms with Crippen LogP contribution in [0.3, 0.4) is 0 Å². The number of anilines is 1. The van der Waals surface area contributed by atoms with Crippen molar-refractivity contribution in [3.05, 3.63) is 53.7 Å². The first-order valence-electron chi connectivity index (χ1n) is 8.98. The Morgan fingerprint density at radius 2 is 2.12 bits per heavy atom. The van der Waals surface area contributed by atoms with Gasteiger partial charge in [0.25, 0.3) is 5.91 Å². The number of pyridine rings is 1. The van der Waals surface area contributed by atoms with Crippen LogP contribution in [0, 0.1) is 0 Å². The van der Waals surface area contributed by atoms with E-state index in [4.69, 9.17) is 4.74 Å². The molecular formula is C20H23N3O2. The van der Waals surface area contributed by atoms with Crippen LogP contribution in [0.15, 0.2) is 42.6 Å². The third kappa shape index (κ3) is 3.76. The SMILES string of the molecule is CCc1cccc(OC2CN(c3cc(C(=O)NC4CC4)ccn3)C2)c1. The van der Waals surface area contributed by atoms with Crippen LogP contribution in [0.25, 0.3) is 0 Å². The molecule has 2 heterocycles. The second-order valence-electron chi connectivity index (χ2n) is 6.80. The molecule has 1 aromatic carbocycles. The average Bonchev–Trinajstić information content (AvgIpc) is 3.42. The lowest BCUT2D eigenvalue weighted by atomic mass is 10.1. The Hall–Kier alpha value is -2.56. The van der Waals surface area contributed by atoms with Crippen molar-refractivity contribution in [2.24, 2.45) is 0 Å². The van der Waals surface area contributed by atoms with Crippen LogP contribution in [0.5, 0.6) is 5.75 Å². The number of hydrogen-bond acceptors (Lipinski definition) is 4. The van der Waals surface area contributed by atoms with E-state index in [2.05, 4.69) is 34.3 Å². The Balaban J connectivity index is 1.34. The Labute approximate surface area is 148 Å². The van der Waals surface area contributed by atoms with Gasteiger partial charge in [-0.05, 0) is 49.1 Å². The fraction of sp³-hybridized carbons (Fsp3) is 0.400. The summed E-state index contributed by atoms with van der Waals surface area (Å²) in [6, 6.07) is 12.3. The molecule has 0 radical (unpaired) electrons. The summed E-state index contributed by atoms with van der Waals surface area (Å²) in [5.74, 6) is 1.76. The molecule has 2 aliphatic rings. The van der Waals surface area contributed by atoms with E-state index in [-0.39, 0.29) is 12.0 Å².